The van der Waals surface area contributed by atoms with Crippen molar-refractivity contribution in [2.24, 2.45) is 0 Å². The molecule has 0 heterocycles. The number of nitrogens with zero attached hydrogens (tertiary/aromatic N) is 6. The first-order chi connectivity index (χ1) is 32.3. The molecule has 6 nitrogen and oxygen atoms in total. The van der Waals surface area contributed by atoms with E-state index in [1.807, 2.05) is 76.7 Å². The molecule has 0 amide bonds. The lowest BCUT2D eigenvalue weighted by atomic mass is 9.90. The molecule has 9 aromatic rings. The van der Waals surface area contributed by atoms with E-state index in [0.29, 0.717) is 11.1 Å². The van der Waals surface area contributed by atoms with Crippen molar-refractivity contribution in [2.45, 2.75) is 0 Å². The molecular formula is C60H48N6. The second-order valence-corrected chi connectivity index (χ2v) is 16.6. The van der Waals surface area contributed by atoms with Crippen molar-refractivity contribution in [2.75, 3.05) is 47.8 Å². The highest BCUT2D eigenvalue weighted by Gasteiger charge is 2.16. The number of fused-ring (bicyclic) bond motifs is 2. The standard InChI is InChI=1S/C60H48N6/c1-63(2)47-29-33-53(34-30-47)65(49-11-7-5-8-12-49)51-25-19-43(20-26-51)15-17-45-23-37-55-57(39-45)59(41-61)56-38-24-46(40-58(56)60(55)42-62)18-16-44-21-27-52(28-22-44)66(50-13-9-6-10-14-50)54-35-31-48(32-36-54)64(3)4/h5-40H,1-4H3. The van der Waals surface area contributed by atoms with E-state index in [-0.39, 0.29) is 0 Å². The Bertz CT molecular complexity index is 3060. The Morgan fingerprint density at radius 2 is 0.576 bits per heavy atom. The summed E-state index contributed by atoms with van der Waals surface area (Å²) in [6, 6.07) is 71.9. The Morgan fingerprint density at radius 1 is 0.303 bits per heavy atom. The van der Waals surface area contributed by atoms with E-state index in [2.05, 4.69) is 202 Å². The van der Waals surface area contributed by atoms with Gasteiger partial charge in [-0.05, 0) is 131 Å². The summed E-state index contributed by atoms with van der Waals surface area (Å²) in [5.74, 6) is 0. The van der Waals surface area contributed by atoms with Gasteiger partial charge in [0.1, 0.15) is 12.1 Å². The van der Waals surface area contributed by atoms with Gasteiger partial charge in [-0.25, -0.2) is 0 Å². The zero-order valence-electron chi connectivity index (χ0n) is 37.5. The van der Waals surface area contributed by atoms with Gasteiger partial charge in [0.25, 0.3) is 0 Å². The van der Waals surface area contributed by atoms with Crippen LogP contribution in [-0.4, -0.2) is 28.2 Å². The van der Waals surface area contributed by atoms with E-state index >= 15 is 0 Å². The highest BCUT2D eigenvalue weighted by atomic mass is 15.1. The fourth-order valence-electron chi connectivity index (χ4n) is 8.41. The average Bonchev–Trinajstić information content (AvgIpc) is 3.36. The first-order valence-corrected chi connectivity index (χ1v) is 21.9. The van der Waals surface area contributed by atoms with Crippen molar-refractivity contribution in [1.29, 1.82) is 10.5 Å². The van der Waals surface area contributed by atoms with Crippen LogP contribution in [0, 0.1) is 22.7 Å². The van der Waals surface area contributed by atoms with Gasteiger partial charge in [0.15, 0.2) is 0 Å². The molecule has 66 heavy (non-hydrogen) atoms. The third kappa shape index (κ3) is 8.86. The molecule has 0 aliphatic rings. The molecular weight excluding hydrogens is 805 g/mol. The van der Waals surface area contributed by atoms with Gasteiger partial charge in [-0.1, -0.05) is 109 Å². The van der Waals surface area contributed by atoms with E-state index in [1.165, 1.54) is 0 Å². The van der Waals surface area contributed by atoms with Crippen molar-refractivity contribution in [1.82, 2.24) is 0 Å². The van der Waals surface area contributed by atoms with Crippen LogP contribution in [-0.2, 0) is 0 Å². The van der Waals surface area contributed by atoms with E-state index in [0.717, 1.165) is 89.3 Å². The van der Waals surface area contributed by atoms with Crippen molar-refractivity contribution in [3.8, 4) is 12.1 Å². The van der Waals surface area contributed by atoms with Gasteiger partial charge in [0, 0.05) is 95.2 Å². The van der Waals surface area contributed by atoms with Crippen LogP contribution < -0.4 is 19.6 Å². The minimum absolute atomic E-state index is 0.559. The third-order valence-corrected chi connectivity index (χ3v) is 11.9. The summed E-state index contributed by atoms with van der Waals surface area (Å²) in [6.07, 6.45) is 8.28. The van der Waals surface area contributed by atoms with Crippen LogP contribution >= 0.6 is 0 Å². The zero-order valence-corrected chi connectivity index (χ0v) is 37.5. The largest absolute Gasteiger partial charge is 0.378 e. The Kier molecular flexibility index (Phi) is 12.1. The summed E-state index contributed by atoms with van der Waals surface area (Å²) in [5, 5.41) is 24.2. The molecule has 0 aromatic heterocycles. The lowest BCUT2D eigenvalue weighted by Gasteiger charge is -2.26. The molecule has 0 unspecified atom stereocenters. The molecule has 9 rings (SSSR count). The number of para-hydroxylation sites is 2. The maximum absolute atomic E-state index is 10.6. The van der Waals surface area contributed by atoms with Crippen LogP contribution in [0.4, 0.5) is 45.5 Å². The van der Waals surface area contributed by atoms with Gasteiger partial charge >= 0.3 is 0 Å². The van der Waals surface area contributed by atoms with E-state index < -0.39 is 0 Å². The number of benzene rings is 9. The summed E-state index contributed by atoms with van der Waals surface area (Å²) in [5.41, 5.74) is 13.8. The highest BCUT2D eigenvalue weighted by Crippen LogP contribution is 2.38. The summed E-state index contributed by atoms with van der Waals surface area (Å²) < 4.78 is 0. The smallest absolute Gasteiger partial charge is 0.100 e. The Morgan fingerprint density at radius 3 is 0.894 bits per heavy atom. The number of hydrogen-bond donors (Lipinski definition) is 0. The van der Waals surface area contributed by atoms with Crippen LogP contribution in [0.1, 0.15) is 33.4 Å². The number of hydrogen-bond acceptors (Lipinski definition) is 6. The van der Waals surface area contributed by atoms with Crippen LogP contribution in [0.25, 0.3) is 45.8 Å². The molecule has 0 fully saturated rings. The van der Waals surface area contributed by atoms with Gasteiger partial charge in [-0.15, -0.1) is 0 Å². The maximum Gasteiger partial charge on any atom is 0.100 e. The topological polar surface area (TPSA) is 60.5 Å². The monoisotopic (exact) mass is 852 g/mol. The van der Waals surface area contributed by atoms with Crippen molar-refractivity contribution >= 4 is 91.3 Å². The summed E-state index contributed by atoms with van der Waals surface area (Å²) in [7, 11) is 8.19. The normalized spacial score (nSPS) is 11.2. The van der Waals surface area contributed by atoms with Crippen LogP contribution in [0.2, 0.25) is 0 Å². The average molecular weight is 853 g/mol. The van der Waals surface area contributed by atoms with Gasteiger partial charge in [-0.2, -0.15) is 10.5 Å². The van der Waals surface area contributed by atoms with E-state index in [1.54, 1.807) is 0 Å². The molecule has 0 atom stereocenters. The fourth-order valence-corrected chi connectivity index (χ4v) is 8.41. The van der Waals surface area contributed by atoms with Crippen LogP contribution in [0.15, 0.2) is 194 Å². The SMILES string of the molecule is CN(C)c1ccc(N(c2ccccc2)c2ccc(C=Cc3ccc4c(C#N)c5cc(C=Cc6ccc(N(c7ccccc7)c7ccc(N(C)C)cc7)cc6)ccc5c(C#N)c4c3)cc2)cc1. The van der Waals surface area contributed by atoms with Crippen molar-refractivity contribution in [3.63, 3.8) is 0 Å². The minimum Gasteiger partial charge on any atom is -0.378 e. The predicted octanol–water partition coefficient (Wildman–Crippen LogP) is 15.1. The molecule has 9 aromatic carbocycles. The van der Waals surface area contributed by atoms with Crippen molar-refractivity contribution < 1.29 is 0 Å². The summed E-state index contributed by atoms with van der Waals surface area (Å²) in [6.45, 7) is 0. The van der Waals surface area contributed by atoms with Crippen LogP contribution in [0.3, 0.4) is 0 Å². The van der Waals surface area contributed by atoms with Gasteiger partial charge in [-0.3, -0.25) is 0 Å². The Hall–Kier alpha value is -8.84. The lowest BCUT2D eigenvalue weighted by molar-refractivity contribution is 1.13. The van der Waals surface area contributed by atoms with Crippen LogP contribution in [0.5, 0.6) is 0 Å². The summed E-state index contributed by atoms with van der Waals surface area (Å²) >= 11 is 0. The number of anilines is 8. The minimum atomic E-state index is 0.559. The second kappa shape index (κ2) is 18.9. The highest BCUT2D eigenvalue weighted by molar-refractivity contribution is 6.10. The van der Waals surface area contributed by atoms with Crippen molar-refractivity contribution in [3.05, 3.63) is 228 Å². The van der Waals surface area contributed by atoms with E-state index in [4.69, 9.17) is 0 Å². The first-order valence-electron chi connectivity index (χ1n) is 21.9. The first kappa shape index (κ1) is 42.5. The zero-order chi connectivity index (χ0) is 45.6. The summed E-state index contributed by atoms with van der Waals surface area (Å²) in [4.78, 5) is 8.70. The molecule has 318 valence electrons. The number of rotatable bonds is 12. The number of nitriles is 2. The second-order valence-electron chi connectivity index (χ2n) is 16.6. The molecule has 0 aliphatic carbocycles. The van der Waals surface area contributed by atoms with Gasteiger partial charge < -0.3 is 19.6 Å². The van der Waals surface area contributed by atoms with Gasteiger partial charge in [0.2, 0.25) is 0 Å². The molecule has 0 radical (unpaired) electrons. The molecule has 0 saturated carbocycles. The maximum atomic E-state index is 10.6. The molecule has 0 bridgehead atoms. The predicted molar refractivity (Wildman–Crippen MR) is 280 cm³/mol. The lowest BCUT2D eigenvalue weighted by Crippen LogP contribution is -2.11. The molecule has 6 heteroatoms. The molecule has 0 saturated heterocycles. The Labute approximate surface area is 387 Å². The van der Waals surface area contributed by atoms with Gasteiger partial charge in [0.05, 0.1) is 11.1 Å². The fraction of sp³-hybridized carbons (Fsp3) is 0.0667. The quantitative estimate of drug-likeness (QED) is 0.0901. The Balaban J connectivity index is 0.962. The third-order valence-electron chi connectivity index (χ3n) is 11.9. The van der Waals surface area contributed by atoms with E-state index in [9.17, 15) is 10.5 Å². The molecule has 0 aliphatic heterocycles. The molecule has 0 N–H and O–H groups in total. The molecule has 0 spiro atoms.